The molecule has 0 aliphatic carbocycles. The van der Waals surface area contributed by atoms with Gasteiger partial charge in [0, 0.05) is 17.3 Å². The summed E-state index contributed by atoms with van der Waals surface area (Å²) in [4.78, 5) is 17.3. The van der Waals surface area contributed by atoms with Crippen LogP contribution in [0.1, 0.15) is 88.3 Å². The third kappa shape index (κ3) is 8.35. The minimum atomic E-state index is -4.34. The molecular weight excluding hydrogens is 655 g/mol. The predicted octanol–water partition coefficient (Wildman–Crippen LogP) is 8.04. The van der Waals surface area contributed by atoms with Gasteiger partial charge in [0.05, 0.1) is 19.8 Å². The average molecular weight is 708 g/mol. The van der Waals surface area contributed by atoms with E-state index in [1.54, 1.807) is 43.3 Å². The molecule has 2 atom stereocenters. The van der Waals surface area contributed by atoms with E-state index in [1.165, 1.54) is 6.92 Å². The number of nitrogens with one attached hydrogen (secondary N) is 1. The molecule has 4 rings (SSSR count). The largest absolute Gasteiger partial charge is 0.487 e. The van der Waals surface area contributed by atoms with Gasteiger partial charge in [-0.3, -0.25) is 4.72 Å². The first-order valence-electron chi connectivity index (χ1n) is 17.8. The van der Waals surface area contributed by atoms with Gasteiger partial charge in [-0.1, -0.05) is 59.7 Å². The van der Waals surface area contributed by atoms with E-state index >= 15 is 0 Å². The van der Waals surface area contributed by atoms with Crippen molar-refractivity contribution in [3.8, 4) is 34.8 Å². The zero-order chi connectivity index (χ0) is 38.8. The minimum Gasteiger partial charge on any atom is -0.487 e. The summed E-state index contributed by atoms with van der Waals surface area (Å²) in [6, 6.07) is 11.8. The lowest BCUT2D eigenvalue weighted by Crippen LogP contribution is -2.44. The van der Waals surface area contributed by atoms with Crippen LogP contribution in [0.15, 0.2) is 59.6 Å². The van der Waals surface area contributed by atoms with Crippen molar-refractivity contribution in [2.75, 3.05) is 11.3 Å². The van der Waals surface area contributed by atoms with E-state index in [2.05, 4.69) is 66.2 Å². The first-order valence-corrected chi connectivity index (χ1v) is 18.3. The highest BCUT2D eigenvalue weighted by molar-refractivity contribution is 7.92. The first-order chi connectivity index (χ1) is 24.2. The van der Waals surface area contributed by atoms with Gasteiger partial charge in [-0.25, -0.2) is 23.4 Å². The molecule has 11 nitrogen and oxygen atoms in total. The molecule has 12 heteroatoms. The lowest BCUT2D eigenvalue weighted by Gasteiger charge is -2.49. The summed E-state index contributed by atoms with van der Waals surface area (Å²) in [7, 11) is -4.34. The smallest absolute Gasteiger partial charge is 0.264 e. The molecular formula is C38H51N5O6S. The molecule has 2 aromatic heterocycles. The second-order valence-corrected chi connectivity index (χ2v) is 15.8. The van der Waals surface area contributed by atoms with Crippen molar-refractivity contribution in [1.82, 2.24) is 19.9 Å². The zero-order valence-corrected chi connectivity index (χ0v) is 31.7. The van der Waals surface area contributed by atoms with Gasteiger partial charge in [-0.05, 0) is 93.8 Å². The van der Waals surface area contributed by atoms with Crippen molar-refractivity contribution in [1.29, 1.82) is 0 Å². The summed E-state index contributed by atoms with van der Waals surface area (Å²) in [5, 5.41) is 10.1. The van der Waals surface area contributed by atoms with E-state index in [1.807, 2.05) is 26.8 Å². The number of aryl methyl sites for hydroxylation is 2. The van der Waals surface area contributed by atoms with Crippen LogP contribution in [0.3, 0.4) is 0 Å². The summed E-state index contributed by atoms with van der Waals surface area (Å²) in [6.07, 6.45) is -0.642. The highest BCUT2D eigenvalue weighted by Gasteiger charge is 2.45. The quantitative estimate of drug-likeness (QED) is 0.132. The normalized spacial score (nSPS) is 14.5. The number of anilines is 1. The molecule has 0 saturated heterocycles. The summed E-state index contributed by atoms with van der Waals surface area (Å²) in [5.41, 5.74) is 1.77. The van der Waals surface area contributed by atoms with Crippen LogP contribution < -0.4 is 18.9 Å². The topological polar surface area (TPSA) is 146 Å². The highest BCUT2D eigenvalue weighted by Crippen LogP contribution is 2.51. The molecule has 0 fully saturated rings. The van der Waals surface area contributed by atoms with Crippen molar-refractivity contribution in [2.45, 2.75) is 105 Å². The van der Waals surface area contributed by atoms with Gasteiger partial charge in [0.1, 0.15) is 6.61 Å². The van der Waals surface area contributed by atoms with Crippen LogP contribution in [0.5, 0.6) is 23.1 Å². The number of nitrogens with zero attached hydrogens (tertiary/aromatic N) is 4. The van der Waals surface area contributed by atoms with Crippen LogP contribution in [0, 0.1) is 25.2 Å². The van der Waals surface area contributed by atoms with Crippen LogP contribution in [0.2, 0.25) is 0 Å². The maximum Gasteiger partial charge on any atom is 0.264 e. The molecule has 4 aromatic rings. The van der Waals surface area contributed by atoms with Gasteiger partial charge in [0.25, 0.3) is 15.9 Å². The van der Waals surface area contributed by atoms with E-state index in [9.17, 15) is 13.5 Å². The fraction of sp³-hybridized carbons (Fsp3) is 0.474. The lowest BCUT2D eigenvalue weighted by molar-refractivity contribution is 0.115. The second-order valence-electron chi connectivity index (χ2n) is 14.1. The van der Waals surface area contributed by atoms with E-state index in [0.29, 0.717) is 5.75 Å². The van der Waals surface area contributed by atoms with Crippen molar-refractivity contribution in [3.63, 3.8) is 0 Å². The Bertz CT molecular complexity index is 1990. The van der Waals surface area contributed by atoms with E-state index < -0.39 is 16.1 Å². The number of aliphatic hydroxyl groups is 1. The van der Waals surface area contributed by atoms with Crippen LogP contribution in [-0.2, 0) is 15.4 Å². The number of hydrogen-bond donors (Lipinski definition) is 2. The Labute approximate surface area is 299 Å². The van der Waals surface area contributed by atoms with E-state index in [4.69, 9.17) is 17.0 Å². The van der Waals surface area contributed by atoms with Gasteiger partial charge in [-0.2, -0.15) is 4.98 Å². The third-order valence-corrected chi connectivity index (χ3v) is 10.0. The van der Waals surface area contributed by atoms with Crippen molar-refractivity contribution in [2.24, 2.45) is 11.3 Å². The molecule has 2 N–H and O–H groups in total. The summed E-state index contributed by atoms with van der Waals surface area (Å²) in [6.45, 7) is 21.7. The van der Waals surface area contributed by atoms with Crippen LogP contribution in [0.25, 0.3) is 11.6 Å². The Morgan fingerprint density at radius 3 is 2.20 bits per heavy atom. The van der Waals surface area contributed by atoms with Gasteiger partial charge in [0.2, 0.25) is 11.6 Å². The molecule has 270 valence electrons. The van der Waals surface area contributed by atoms with Gasteiger partial charge >= 0.3 is 0 Å². The second kappa shape index (κ2) is 15.3. The number of rotatable bonds is 14. The molecule has 0 spiro atoms. The third-order valence-electron chi connectivity index (χ3n) is 8.69. The SMILES string of the molecule is [2H]c1nc(-c2nc(NS(=O)(=O)c3ccc(C(CC)(C(C)C)C(C)(C)C)c(C)c3)c(Oc3ccccc3OC(C)C)c(OCC(C)O)n2)nc(C)c1[2H]. The van der Waals surface area contributed by atoms with Crippen LogP contribution in [-0.4, -0.2) is 52.3 Å². The van der Waals surface area contributed by atoms with E-state index in [0.717, 1.165) is 17.5 Å². The Hall–Kier alpha value is -4.29. The molecule has 0 aliphatic heterocycles. The summed E-state index contributed by atoms with van der Waals surface area (Å²) >= 11 is 0. The molecule has 0 aliphatic rings. The molecule has 2 heterocycles. The van der Waals surface area contributed by atoms with Gasteiger partial charge in [0.15, 0.2) is 23.1 Å². The summed E-state index contributed by atoms with van der Waals surface area (Å²) < 4.78 is 65.6. The first kappa shape index (κ1) is 35.5. The number of hydrogen-bond acceptors (Lipinski definition) is 10. The monoisotopic (exact) mass is 707 g/mol. The summed E-state index contributed by atoms with van der Waals surface area (Å²) in [5.74, 6) is -0.216. The molecule has 2 aromatic carbocycles. The molecule has 0 amide bonds. The fourth-order valence-electron chi connectivity index (χ4n) is 6.66. The van der Waals surface area contributed by atoms with Crippen molar-refractivity contribution >= 4 is 15.8 Å². The standard InChI is InChI=1S/C38H51N5O6S/c1-12-38(23(2)3,37(9,10)11)29-18-17-28(21-25(29)6)50(45,46)43-33-32(49-31-16-14-13-15-30(31)48-24(4)5)36(47-22-27(8)44)42-35(41-33)34-39-20-19-26(7)40-34/h13-21,23-24,27,44H,12,22H2,1-11H3,(H,41,42,43)/i19D,20D. The number of para-hydroxylation sites is 2. The lowest BCUT2D eigenvalue weighted by atomic mass is 9.55. The minimum absolute atomic E-state index is 0.00313. The molecule has 50 heavy (non-hydrogen) atoms. The molecule has 0 bridgehead atoms. The zero-order valence-electron chi connectivity index (χ0n) is 32.9. The molecule has 0 radical (unpaired) electrons. The maximum absolute atomic E-state index is 14.3. The number of ether oxygens (including phenoxy) is 3. The molecule has 0 saturated carbocycles. The van der Waals surface area contributed by atoms with Crippen LogP contribution >= 0.6 is 0 Å². The predicted molar refractivity (Wildman–Crippen MR) is 196 cm³/mol. The Morgan fingerprint density at radius 1 is 0.960 bits per heavy atom. The number of aliphatic hydroxyl groups excluding tert-OH is 1. The number of sulfonamides is 1. The van der Waals surface area contributed by atoms with Gasteiger partial charge in [-0.15, -0.1) is 0 Å². The highest BCUT2D eigenvalue weighted by atomic mass is 32.2. The van der Waals surface area contributed by atoms with Crippen LogP contribution in [0.4, 0.5) is 5.82 Å². The average Bonchev–Trinajstić information content (AvgIpc) is 3.04. The Kier molecular flexibility index (Phi) is 10.9. The number of aromatic nitrogens is 4. The Balaban J connectivity index is 1.95. The van der Waals surface area contributed by atoms with Crippen molar-refractivity contribution in [3.05, 3.63) is 71.5 Å². The van der Waals surface area contributed by atoms with Gasteiger partial charge < -0.3 is 19.3 Å². The number of benzene rings is 2. The van der Waals surface area contributed by atoms with E-state index in [-0.39, 0.29) is 87.1 Å². The Morgan fingerprint density at radius 2 is 1.64 bits per heavy atom. The maximum atomic E-state index is 14.3. The van der Waals surface area contributed by atoms with Crippen molar-refractivity contribution < 1.29 is 30.5 Å². The molecule has 2 unspecified atom stereocenters. The fourth-order valence-corrected chi connectivity index (χ4v) is 7.75.